The van der Waals surface area contributed by atoms with Gasteiger partial charge in [-0.05, 0) is 189 Å². The molecule has 0 atom stereocenters. The maximum absolute atomic E-state index is 13.5. The molecule has 676 valence electrons. The van der Waals surface area contributed by atoms with Gasteiger partial charge in [0.05, 0.1) is 49.8 Å². The van der Waals surface area contributed by atoms with Crippen molar-refractivity contribution in [2.45, 2.75) is 268 Å². The SMILES string of the molecule is CC(C)(C)OC(=O)N1Cc2cc(N)ccc2C(C)(C)C1.CC(C)n1c(=O)c2cnc(Cl)cc2n1-c1ccnc(C(C)(C)C)c1.CC(C)n1c(=O)c2cnc(Nc3ccc4c(c3)CN(C(=O)OC(C)(C)C)CC4(C)C)cc2n1-c1ccnc(C(C)(C)C)c1.CC(C)n1c(=O)c2cnc(Nc3ccc4c(c3)CNCC4(C)C)cc2n1-c1ccnc(C(C)(C)C)c1.Cl.Cl.Cl. The lowest BCUT2D eigenvalue weighted by molar-refractivity contribution is 0.0165. The smallest absolute Gasteiger partial charge is 0.410 e. The summed E-state index contributed by atoms with van der Waals surface area (Å²) in [6, 6.07) is 36.2. The zero-order chi connectivity index (χ0) is 90.1. The second kappa shape index (κ2) is 37.4. The average Bonchev–Trinajstić information content (AvgIpc) is 1.60. The molecule has 0 radical (unpaired) electrons. The van der Waals surface area contributed by atoms with Crippen LogP contribution in [0, 0.1) is 0 Å². The van der Waals surface area contributed by atoms with Crippen LogP contribution in [-0.2, 0) is 61.6 Å². The number of nitrogens with zero attached hydrogens (tertiary/aromatic N) is 14. The number of anilines is 5. The molecule has 0 aliphatic carbocycles. The molecular weight excluding hydrogens is 1670 g/mol. The summed E-state index contributed by atoms with van der Waals surface area (Å²) in [5.74, 6) is 1.32. The van der Waals surface area contributed by atoms with Crippen LogP contribution in [0.1, 0.15) is 256 Å². The van der Waals surface area contributed by atoms with E-state index in [1.165, 1.54) is 22.3 Å². The third-order valence-electron chi connectivity index (χ3n) is 22.1. The van der Waals surface area contributed by atoms with Crippen molar-refractivity contribution in [2.24, 2.45) is 0 Å². The number of nitrogens with two attached hydrogens (primary N) is 1. The van der Waals surface area contributed by atoms with Crippen molar-refractivity contribution < 1.29 is 19.1 Å². The van der Waals surface area contributed by atoms with E-state index in [0.29, 0.717) is 59.1 Å². The van der Waals surface area contributed by atoms with Crippen LogP contribution in [-0.4, -0.2) is 111 Å². The number of ether oxygens (including phenoxy) is 2. The number of amides is 2. The molecule has 25 nitrogen and oxygen atoms in total. The van der Waals surface area contributed by atoms with Gasteiger partial charge in [0.15, 0.2) is 0 Å². The number of nitrogens with one attached hydrogen (secondary N) is 3. The summed E-state index contributed by atoms with van der Waals surface area (Å²) in [7, 11) is 0. The minimum atomic E-state index is -0.560. The Balaban J connectivity index is 0.000000196. The molecule has 0 spiro atoms. The Morgan fingerprint density at radius 2 is 0.770 bits per heavy atom. The van der Waals surface area contributed by atoms with Crippen LogP contribution in [0.25, 0.3) is 49.8 Å². The Kier molecular flexibility index (Phi) is 29.4. The molecular formula is C97H128Cl4N18O7. The monoisotopic (exact) mass is 1800 g/mol. The Morgan fingerprint density at radius 1 is 0.437 bits per heavy atom. The second-order valence-corrected chi connectivity index (χ2v) is 41.0. The fraction of sp³-hybridized carbons (Fsp3) is 0.454. The van der Waals surface area contributed by atoms with Crippen LogP contribution in [0.3, 0.4) is 0 Å². The van der Waals surface area contributed by atoms with Crippen molar-refractivity contribution in [3.8, 4) is 17.1 Å². The summed E-state index contributed by atoms with van der Waals surface area (Å²) in [6.07, 6.45) is 9.69. The third-order valence-corrected chi connectivity index (χ3v) is 22.4. The average molecular weight is 1800 g/mol. The number of hydrogen-bond donors (Lipinski definition) is 4. The first-order valence-electron chi connectivity index (χ1n) is 42.5. The lowest BCUT2D eigenvalue weighted by Crippen LogP contribution is -2.46. The highest BCUT2D eigenvalue weighted by atomic mass is 35.5. The molecule has 3 aliphatic heterocycles. The van der Waals surface area contributed by atoms with Crippen molar-refractivity contribution in [2.75, 3.05) is 36.0 Å². The highest BCUT2D eigenvalue weighted by Gasteiger charge is 2.39. The van der Waals surface area contributed by atoms with Crippen molar-refractivity contribution in [3.63, 3.8) is 0 Å². The molecule has 12 aromatic rings. The normalized spacial score (nSPS) is 14.7. The van der Waals surface area contributed by atoms with Gasteiger partial charge in [-0.1, -0.05) is 134 Å². The van der Waals surface area contributed by atoms with Gasteiger partial charge in [0.2, 0.25) is 0 Å². The van der Waals surface area contributed by atoms with E-state index in [1.54, 1.807) is 60.9 Å². The minimum Gasteiger partial charge on any atom is -0.444 e. The lowest BCUT2D eigenvalue weighted by Gasteiger charge is -2.40. The molecule has 0 saturated heterocycles. The van der Waals surface area contributed by atoms with Gasteiger partial charge in [0, 0.05) is 179 Å². The largest absolute Gasteiger partial charge is 0.444 e. The fourth-order valence-electron chi connectivity index (χ4n) is 16.3. The minimum absolute atomic E-state index is 0. The van der Waals surface area contributed by atoms with E-state index < -0.39 is 11.2 Å². The van der Waals surface area contributed by atoms with Gasteiger partial charge in [-0.25, -0.2) is 52.6 Å². The number of halogens is 4. The molecule has 0 unspecified atom stereocenters. The maximum atomic E-state index is 13.5. The summed E-state index contributed by atoms with van der Waals surface area (Å²) in [6.45, 7) is 59.6. The van der Waals surface area contributed by atoms with E-state index in [9.17, 15) is 24.0 Å². The first-order valence-corrected chi connectivity index (χ1v) is 42.9. The van der Waals surface area contributed by atoms with Gasteiger partial charge in [-0.2, -0.15) is 0 Å². The Morgan fingerprint density at radius 3 is 1.13 bits per heavy atom. The Labute approximate surface area is 764 Å². The molecule has 5 N–H and O–H groups in total. The standard InChI is InChI=1S/C34H44N6O3.C29H36N6O.C18H21ClN4O.C16H24N2O2.3ClH/c1-21(2)39-30(41)25-18-36-29(17-27(25)40(39)24-13-14-35-28(16-24)32(3,4)5)37-23-11-12-26-22(15-23)19-38(20-34(26,9)10)31(42)43-33(6,7)8;1-18(2)34-27(36)22-16-32-26(33-20-8-9-23-19(12-20)15-30-17-29(23,6)7)14-24(22)35(34)21-10-11-31-25(13-21)28(3,4)5;1-11(2)22-17(24)13-10-21-16(19)9-14(13)23(22)12-6-7-20-15(8-12)18(3,4)5;1-15(2,3)20-14(19)18-9-11-8-12(17)6-7-13(11)16(4,5)10-18;;;/h11-18,21H,19-20H2,1-10H3,(H,36,37);8-14,16,18,30H,15,17H2,1-7H3,(H,32,33);6-11H,1-5H3;6-8H,9-10,17H2,1-5H3;3*1H. The number of fused-ring (bicyclic) bond motifs is 6. The van der Waals surface area contributed by atoms with Crippen molar-refractivity contribution >= 4 is 122 Å². The van der Waals surface area contributed by atoms with E-state index >= 15 is 0 Å². The van der Waals surface area contributed by atoms with E-state index in [4.69, 9.17) is 26.8 Å². The molecule has 0 bridgehead atoms. The molecule has 0 fully saturated rings. The lowest BCUT2D eigenvalue weighted by atomic mass is 9.78. The summed E-state index contributed by atoms with van der Waals surface area (Å²) >= 11 is 6.08. The molecule has 0 saturated carbocycles. The molecule has 126 heavy (non-hydrogen) atoms. The van der Waals surface area contributed by atoms with Crippen LogP contribution < -0.4 is 38.4 Å². The number of rotatable bonds is 10. The zero-order valence-corrected chi connectivity index (χ0v) is 81.3. The molecule has 3 aliphatic rings. The quantitative estimate of drug-likeness (QED) is 0.0731. The predicted molar refractivity (Wildman–Crippen MR) is 518 cm³/mol. The number of carbonyl (C=O) groups is 2. The van der Waals surface area contributed by atoms with Gasteiger partial charge >= 0.3 is 12.2 Å². The molecule has 9 aromatic heterocycles. The maximum Gasteiger partial charge on any atom is 0.410 e. The highest BCUT2D eigenvalue weighted by Crippen LogP contribution is 2.40. The topological polar surface area (TPSA) is 279 Å². The van der Waals surface area contributed by atoms with Crippen LogP contribution in [0.5, 0.6) is 0 Å². The highest BCUT2D eigenvalue weighted by molar-refractivity contribution is 6.30. The van der Waals surface area contributed by atoms with Crippen LogP contribution in [0.2, 0.25) is 5.15 Å². The van der Waals surface area contributed by atoms with E-state index in [2.05, 4.69) is 192 Å². The summed E-state index contributed by atoms with van der Waals surface area (Å²) in [5.41, 5.74) is 21.8. The van der Waals surface area contributed by atoms with Gasteiger partial charge in [0.25, 0.3) is 16.7 Å². The molecule has 12 heterocycles. The summed E-state index contributed by atoms with van der Waals surface area (Å²) in [5, 5.41) is 12.5. The number of hydrogen-bond acceptors (Lipinski definition) is 17. The molecule has 15 rings (SSSR count). The van der Waals surface area contributed by atoms with Crippen LogP contribution >= 0.6 is 48.8 Å². The van der Waals surface area contributed by atoms with E-state index in [-0.39, 0.29) is 117 Å². The van der Waals surface area contributed by atoms with Crippen molar-refractivity contribution in [1.82, 2.24) is 73.1 Å². The van der Waals surface area contributed by atoms with E-state index in [1.807, 2.05) is 164 Å². The van der Waals surface area contributed by atoms with Crippen LogP contribution in [0.4, 0.5) is 38.3 Å². The van der Waals surface area contributed by atoms with Gasteiger partial charge in [0.1, 0.15) is 28.0 Å². The third kappa shape index (κ3) is 21.8. The Hall–Kier alpha value is -10.6. The first kappa shape index (κ1) is 99.2. The zero-order valence-electron chi connectivity index (χ0n) is 78.1. The molecule has 3 aromatic carbocycles. The fourth-order valence-corrected chi connectivity index (χ4v) is 16.5. The summed E-state index contributed by atoms with van der Waals surface area (Å²) < 4.78 is 22.3. The Bertz CT molecular complexity index is 6190. The van der Waals surface area contributed by atoms with Crippen molar-refractivity contribution in [1.29, 1.82) is 0 Å². The van der Waals surface area contributed by atoms with Gasteiger partial charge in [-0.3, -0.25) is 29.3 Å². The number of pyridine rings is 6. The summed E-state index contributed by atoms with van der Waals surface area (Å²) in [4.78, 5) is 95.4. The molecule has 2 amide bonds. The first-order chi connectivity index (χ1) is 57.2. The van der Waals surface area contributed by atoms with Crippen LogP contribution in [0.15, 0.2) is 161 Å². The predicted octanol–water partition coefficient (Wildman–Crippen LogP) is 21.5. The number of carbonyl (C=O) groups excluding carboxylic acids is 2. The number of benzene rings is 3. The second-order valence-electron chi connectivity index (χ2n) is 40.6. The molecule has 29 heteroatoms. The number of aromatic nitrogens is 12. The number of nitrogen functional groups attached to an aromatic ring is 1. The van der Waals surface area contributed by atoms with Gasteiger partial charge < -0.3 is 41.0 Å². The van der Waals surface area contributed by atoms with Gasteiger partial charge in [-0.15, -0.1) is 37.2 Å². The van der Waals surface area contributed by atoms with Crippen molar-refractivity contribution in [3.05, 3.63) is 233 Å². The van der Waals surface area contributed by atoms with E-state index in [0.717, 1.165) is 92.0 Å².